The molecule has 0 radical (unpaired) electrons. The molecule has 0 bridgehead atoms. The van der Waals surface area contributed by atoms with Gasteiger partial charge in [0, 0.05) is 22.0 Å². The summed E-state index contributed by atoms with van der Waals surface area (Å²) >= 11 is 0. The summed E-state index contributed by atoms with van der Waals surface area (Å²) in [7, 11) is 0. The summed E-state index contributed by atoms with van der Waals surface area (Å²) in [6.45, 7) is 0. The Bertz CT molecular complexity index is 3880. The van der Waals surface area contributed by atoms with Crippen LogP contribution in [0.1, 0.15) is 12.0 Å². The van der Waals surface area contributed by atoms with Crippen molar-refractivity contribution in [3.05, 3.63) is 238 Å². The summed E-state index contributed by atoms with van der Waals surface area (Å²) < 4.78 is 281. The van der Waals surface area contributed by atoms with Gasteiger partial charge in [-0.15, -0.1) is 0 Å². The van der Waals surface area contributed by atoms with Crippen LogP contribution in [-0.4, -0.2) is 6.04 Å². The lowest BCUT2D eigenvalue weighted by Crippen LogP contribution is -2.35. The monoisotopic (exact) mass is 1070 g/mol. The molecule has 0 spiro atoms. The highest BCUT2D eigenvalue weighted by atomic mass is 19.2. The van der Waals surface area contributed by atoms with Crippen molar-refractivity contribution in [3.8, 4) is 22.3 Å². The quantitative estimate of drug-likeness (QED) is 0.0807. The highest BCUT2D eigenvalue weighted by molar-refractivity contribution is 6.02. The second-order valence-corrected chi connectivity index (χ2v) is 16.9. The third kappa shape index (κ3) is 7.70. The topological polar surface area (TPSA) is 6.48 Å². The predicted molar refractivity (Wildman–Crippen MR) is 247 cm³/mol. The van der Waals surface area contributed by atoms with Crippen LogP contribution in [0.25, 0.3) is 49.4 Å². The Kier molecular flexibility index (Phi) is 12.9. The molecule has 1 aliphatic carbocycles. The fourth-order valence-electron chi connectivity index (χ4n) is 9.42. The van der Waals surface area contributed by atoms with Crippen molar-refractivity contribution in [1.29, 1.82) is 0 Å². The maximum absolute atomic E-state index is 17.1. The molecule has 0 fully saturated rings. The van der Waals surface area contributed by atoms with Crippen LogP contribution >= 0.6 is 0 Å². The normalized spacial score (nSPS) is 13.5. The summed E-state index contributed by atoms with van der Waals surface area (Å²) in [6, 6.07) is 23.1. The van der Waals surface area contributed by atoms with Crippen molar-refractivity contribution >= 4 is 55.6 Å². The molecule has 0 N–H and O–H groups in total. The van der Waals surface area contributed by atoms with E-state index in [0.717, 1.165) is 6.07 Å². The van der Waals surface area contributed by atoms with Crippen molar-refractivity contribution in [2.24, 2.45) is 0 Å². The lowest BCUT2D eigenvalue weighted by atomic mass is 9.88. The molecule has 384 valence electrons. The molecule has 9 aromatic carbocycles. The van der Waals surface area contributed by atoms with Crippen LogP contribution in [0.5, 0.6) is 0 Å². The molecule has 20 heteroatoms. The van der Waals surface area contributed by atoms with E-state index in [1.54, 1.807) is 6.07 Å². The van der Waals surface area contributed by atoms with Gasteiger partial charge in [0.25, 0.3) is 0 Å². The maximum atomic E-state index is 17.1. The minimum absolute atomic E-state index is 0.0821. The molecular formula is C56H24F18N2. The van der Waals surface area contributed by atoms with E-state index in [0.29, 0.717) is 20.6 Å². The molecule has 0 saturated heterocycles. The second kappa shape index (κ2) is 19.2. The lowest BCUT2D eigenvalue weighted by Gasteiger charge is -2.39. The Morgan fingerprint density at radius 2 is 0.658 bits per heavy atom. The zero-order valence-corrected chi connectivity index (χ0v) is 37.6. The van der Waals surface area contributed by atoms with E-state index in [9.17, 15) is 26.3 Å². The van der Waals surface area contributed by atoms with Crippen LogP contribution in [0.4, 0.5) is 107 Å². The molecule has 0 heterocycles. The Morgan fingerprint density at radius 3 is 1.13 bits per heavy atom. The standard InChI is InChI=1S/C56H24F18N2/c57-37-33(38(58)46(66)49(69)45(37)65)35-41(61)51(71)55(52(72)42(35)62)75(29-21-9-13-23-11-1-3-15-25(23)29)31-19-7-5-17-27(31)28-18-6-8-20-32(28)76(30-22-10-14-24-12-2-4-16-26(24)30)56-53(73)43(63)36(44(64)54(56)74)34-39(59)47(67)50(70)48(68)40(34)60/h1-19,21-22,32H,20H2. The van der Waals surface area contributed by atoms with E-state index < -0.39 is 156 Å². The molecule has 1 unspecified atom stereocenters. The van der Waals surface area contributed by atoms with E-state index in [4.69, 9.17) is 0 Å². The van der Waals surface area contributed by atoms with Crippen molar-refractivity contribution in [3.63, 3.8) is 0 Å². The Labute approximate surface area is 415 Å². The Hall–Kier alpha value is -8.68. The van der Waals surface area contributed by atoms with E-state index in [-0.39, 0.29) is 33.3 Å². The zero-order chi connectivity index (χ0) is 54.3. The fourth-order valence-corrected chi connectivity index (χ4v) is 9.42. The van der Waals surface area contributed by atoms with Crippen molar-refractivity contribution < 1.29 is 79.0 Å². The Morgan fingerprint density at radius 1 is 0.316 bits per heavy atom. The number of fused-ring (bicyclic) bond motifs is 2. The molecule has 0 aliphatic heterocycles. The molecule has 0 amide bonds. The lowest BCUT2D eigenvalue weighted by molar-refractivity contribution is 0.379. The molecular weight excluding hydrogens is 1040 g/mol. The number of hydrogen-bond donors (Lipinski definition) is 0. The first-order valence-corrected chi connectivity index (χ1v) is 22.1. The number of rotatable bonds is 9. The first-order valence-electron chi connectivity index (χ1n) is 22.1. The molecule has 1 aliphatic rings. The van der Waals surface area contributed by atoms with Gasteiger partial charge in [-0.05, 0) is 41.0 Å². The highest BCUT2D eigenvalue weighted by Gasteiger charge is 2.41. The van der Waals surface area contributed by atoms with Crippen molar-refractivity contribution in [1.82, 2.24) is 0 Å². The summed E-state index contributed by atoms with van der Waals surface area (Å²) in [5, 5.41) is 0.829. The Balaban J connectivity index is 1.25. The van der Waals surface area contributed by atoms with Gasteiger partial charge in [0.15, 0.2) is 93.1 Å². The minimum Gasteiger partial charge on any atom is -0.328 e. The van der Waals surface area contributed by atoms with E-state index in [2.05, 4.69) is 0 Å². The van der Waals surface area contributed by atoms with Gasteiger partial charge in [0.1, 0.15) is 11.4 Å². The molecule has 2 nitrogen and oxygen atoms in total. The van der Waals surface area contributed by atoms with Crippen LogP contribution in [0.15, 0.2) is 127 Å². The average molecular weight is 1070 g/mol. The van der Waals surface area contributed by atoms with E-state index in [1.165, 1.54) is 115 Å². The number of para-hydroxylation sites is 1. The summed E-state index contributed by atoms with van der Waals surface area (Å²) in [4.78, 5) is 1.27. The van der Waals surface area contributed by atoms with Gasteiger partial charge < -0.3 is 9.80 Å². The number of hydrogen-bond acceptors (Lipinski definition) is 2. The smallest absolute Gasteiger partial charge is 0.200 e. The average Bonchev–Trinajstić information content (AvgIpc) is 3.44. The summed E-state index contributed by atoms with van der Waals surface area (Å²) in [5.41, 5.74) is -14.3. The largest absolute Gasteiger partial charge is 0.328 e. The van der Waals surface area contributed by atoms with Crippen LogP contribution in [0.3, 0.4) is 0 Å². The SMILES string of the molecule is Fc1c(F)c(F)c(-c2c(F)c(F)c(N(c3ccccc3C3=CC=CCC3N(c3c(F)c(F)c(-c4c(F)c(F)c(F)c(F)c4F)c(F)c3F)c3cccc4ccccc34)c3cccc4ccccc34)c(F)c2F)c(F)c1F. The molecule has 9 aromatic rings. The van der Waals surface area contributed by atoms with Crippen LogP contribution < -0.4 is 9.80 Å². The number of halogens is 18. The number of benzene rings is 9. The molecule has 0 aromatic heterocycles. The summed E-state index contributed by atoms with van der Waals surface area (Å²) in [6.07, 6.45) is 3.55. The first-order chi connectivity index (χ1) is 36.3. The van der Waals surface area contributed by atoms with E-state index in [1.807, 2.05) is 0 Å². The molecule has 0 saturated carbocycles. The van der Waals surface area contributed by atoms with Gasteiger partial charge in [-0.1, -0.05) is 109 Å². The van der Waals surface area contributed by atoms with Gasteiger partial charge >= 0.3 is 0 Å². The predicted octanol–water partition coefficient (Wildman–Crippen LogP) is 17.9. The van der Waals surface area contributed by atoms with Gasteiger partial charge in [-0.2, -0.15) is 0 Å². The van der Waals surface area contributed by atoms with Crippen LogP contribution in [0.2, 0.25) is 0 Å². The molecule has 10 rings (SSSR count). The fraction of sp³-hybridized carbons (Fsp3) is 0.0357. The number of anilines is 5. The summed E-state index contributed by atoms with van der Waals surface area (Å²) in [5.74, 6) is -48.1. The van der Waals surface area contributed by atoms with E-state index >= 15 is 52.7 Å². The number of allylic oxidation sites excluding steroid dienone is 2. The van der Waals surface area contributed by atoms with Gasteiger partial charge in [-0.3, -0.25) is 0 Å². The van der Waals surface area contributed by atoms with Gasteiger partial charge in [-0.25, -0.2) is 79.0 Å². The third-order valence-corrected chi connectivity index (χ3v) is 12.8. The maximum Gasteiger partial charge on any atom is 0.200 e. The second-order valence-electron chi connectivity index (χ2n) is 16.9. The van der Waals surface area contributed by atoms with Gasteiger partial charge in [0.2, 0.25) is 11.6 Å². The van der Waals surface area contributed by atoms with Crippen LogP contribution in [-0.2, 0) is 0 Å². The minimum atomic E-state index is -2.80. The first kappa shape index (κ1) is 50.8. The van der Waals surface area contributed by atoms with Crippen molar-refractivity contribution in [2.45, 2.75) is 12.5 Å². The third-order valence-electron chi connectivity index (χ3n) is 12.8. The molecule has 1 atom stereocenters. The number of nitrogens with zero attached hydrogens (tertiary/aromatic N) is 2. The van der Waals surface area contributed by atoms with Crippen molar-refractivity contribution in [2.75, 3.05) is 9.80 Å². The molecule has 76 heavy (non-hydrogen) atoms. The van der Waals surface area contributed by atoms with Gasteiger partial charge in [0.05, 0.1) is 39.7 Å². The highest BCUT2D eigenvalue weighted by Crippen LogP contribution is 2.51. The zero-order valence-electron chi connectivity index (χ0n) is 37.6. The van der Waals surface area contributed by atoms with Crippen LogP contribution in [0, 0.1) is 105 Å².